The van der Waals surface area contributed by atoms with Gasteiger partial charge in [-0.1, -0.05) is 35.5 Å². The standard InChI is InChI=1S/C20H14N6O3/c1-11-13-7-8-16(27)15(18(13)29-26-11)10-22-25-20-23-17(12-5-3-2-4-6-12)14(9-21)19(28)24-20/h2-8,10,27H,1H3,(H2,23,24,25,28). The van der Waals surface area contributed by atoms with Gasteiger partial charge in [0.15, 0.2) is 5.58 Å². The van der Waals surface area contributed by atoms with E-state index in [2.05, 4.69) is 25.7 Å². The van der Waals surface area contributed by atoms with Crippen LogP contribution >= 0.6 is 0 Å². The summed E-state index contributed by atoms with van der Waals surface area (Å²) in [5.74, 6) is 0.00924. The first-order valence-electron chi connectivity index (χ1n) is 8.55. The van der Waals surface area contributed by atoms with E-state index in [1.165, 1.54) is 12.3 Å². The Labute approximate surface area is 163 Å². The van der Waals surface area contributed by atoms with Crippen LogP contribution in [0.15, 0.2) is 56.9 Å². The molecule has 0 atom stereocenters. The maximum atomic E-state index is 12.3. The fourth-order valence-electron chi connectivity index (χ4n) is 2.85. The van der Waals surface area contributed by atoms with Crippen LogP contribution in [0.1, 0.15) is 16.8 Å². The van der Waals surface area contributed by atoms with Gasteiger partial charge in [0.2, 0.25) is 5.95 Å². The summed E-state index contributed by atoms with van der Waals surface area (Å²) in [4.78, 5) is 19.0. The van der Waals surface area contributed by atoms with Gasteiger partial charge < -0.3 is 9.63 Å². The molecule has 3 N–H and O–H groups in total. The molecule has 2 aromatic carbocycles. The largest absolute Gasteiger partial charge is 0.507 e. The van der Waals surface area contributed by atoms with E-state index in [1.807, 2.05) is 12.1 Å². The third-order valence-electron chi connectivity index (χ3n) is 4.28. The van der Waals surface area contributed by atoms with Gasteiger partial charge in [-0.05, 0) is 19.1 Å². The average Bonchev–Trinajstić information content (AvgIpc) is 3.11. The Balaban J connectivity index is 1.70. The molecule has 0 aliphatic carbocycles. The molecule has 0 bridgehead atoms. The van der Waals surface area contributed by atoms with E-state index in [0.717, 1.165) is 5.39 Å². The number of H-pyrrole nitrogens is 1. The molecular formula is C20H14N6O3. The van der Waals surface area contributed by atoms with Gasteiger partial charge in [0, 0.05) is 10.9 Å². The lowest BCUT2D eigenvalue weighted by atomic mass is 10.1. The van der Waals surface area contributed by atoms with E-state index in [-0.39, 0.29) is 23.0 Å². The summed E-state index contributed by atoms with van der Waals surface area (Å²) in [7, 11) is 0. The van der Waals surface area contributed by atoms with E-state index in [4.69, 9.17) is 4.52 Å². The molecule has 0 saturated heterocycles. The van der Waals surface area contributed by atoms with E-state index >= 15 is 0 Å². The lowest BCUT2D eigenvalue weighted by molar-refractivity contribution is 0.443. The number of phenolic OH excluding ortho intramolecular Hbond substituents is 1. The van der Waals surface area contributed by atoms with Crippen LogP contribution in [0.3, 0.4) is 0 Å². The SMILES string of the molecule is Cc1noc2c(C=NNc3nc(-c4ccccc4)c(C#N)c(=O)[nH]3)c(O)ccc12. The third kappa shape index (κ3) is 3.30. The second-order valence-corrected chi connectivity index (χ2v) is 6.13. The van der Waals surface area contributed by atoms with Gasteiger partial charge in [-0.15, -0.1) is 0 Å². The summed E-state index contributed by atoms with van der Waals surface area (Å²) in [6.45, 7) is 1.79. The van der Waals surface area contributed by atoms with Crippen molar-refractivity contribution in [1.82, 2.24) is 15.1 Å². The highest BCUT2D eigenvalue weighted by Crippen LogP contribution is 2.27. The van der Waals surface area contributed by atoms with Crippen LogP contribution in [0.2, 0.25) is 0 Å². The molecule has 0 amide bonds. The topological polar surface area (TPSA) is 140 Å². The first-order valence-corrected chi connectivity index (χ1v) is 8.55. The zero-order valence-electron chi connectivity index (χ0n) is 15.2. The lowest BCUT2D eigenvalue weighted by Gasteiger charge is -2.06. The molecule has 0 spiro atoms. The van der Waals surface area contributed by atoms with E-state index in [0.29, 0.717) is 22.4 Å². The number of hydrogen-bond donors (Lipinski definition) is 3. The number of aromatic amines is 1. The number of hydrogen-bond acceptors (Lipinski definition) is 8. The highest BCUT2D eigenvalue weighted by Gasteiger charge is 2.14. The summed E-state index contributed by atoms with van der Waals surface area (Å²) < 4.78 is 5.25. The van der Waals surface area contributed by atoms with Crippen LogP contribution < -0.4 is 11.0 Å². The number of anilines is 1. The zero-order valence-corrected chi connectivity index (χ0v) is 15.2. The minimum Gasteiger partial charge on any atom is -0.507 e. The fourth-order valence-corrected chi connectivity index (χ4v) is 2.85. The molecule has 9 nitrogen and oxygen atoms in total. The monoisotopic (exact) mass is 386 g/mol. The third-order valence-corrected chi connectivity index (χ3v) is 4.28. The minimum atomic E-state index is -0.588. The highest BCUT2D eigenvalue weighted by molar-refractivity contribution is 6.00. The number of hydrazone groups is 1. The molecule has 0 unspecified atom stereocenters. The van der Waals surface area contributed by atoms with Crippen molar-refractivity contribution in [3.05, 3.63) is 69.6 Å². The van der Waals surface area contributed by atoms with Crippen LogP contribution in [-0.2, 0) is 0 Å². The Hall–Kier alpha value is -4.45. The van der Waals surface area contributed by atoms with E-state index in [1.54, 1.807) is 37.3 Å². The second kappa shape index (κ2) is 7.28. The first-order chi connectivity index (χ1) is 14.1. The number of phenols is 1. The molecule has 0 radical (unpaired) electrons. The zero-order chi connectivity index (χ0) is 20.4. The number of aromatic hydroxyl groups is 1. The number of aryl methyl sites for hydroxylation is 1. The molecule has 4 aromatic rings. The quantitative estimate of drug-likeness (QED) is 0.362. The first kappa shape index (κ1) is 17.9. The van der Waals surface area contributed by atoms with Crippen molar-refractivity contribution < 1.29 is 9.63 Å². The van der Waals surface area contributed by atoms with Crippen LogP contribution in [-0.4, -0.2) is 26.4 Å². The lowest BCUT2D eigenvalue weighted by Crippen LogP contribution is -2.16. The Morgan fingerprint density at radius 1 is 1.28 bits per heavy atom. The summed E-state index contributed by atoms with van der Waals surface area (Å²) in [5.41, 5.74) is 4.21. The summed E-state index contributed by atoms with van der Waals surface area (Å²) >= 11 is 0. The molecule has 0 aliphatic heterocycles. The number of nitrogens with one attached hydrogen (secondary N) is 2. The Morgan fingerprint density at radius 2 is 2.07 bits per heavy atom. The van der Waals surface area contributed by atoms with E-state index < -0.39 is 5.56 Å². The van der Waals surface area contributed by atoms with Crippen LogP contribution in [0, 0.1) is 18.3 Å². The molecule has 29 heavy (non-hydrogen) atoms. The van der Waals surface area contributed by atoms with Crippen molar-refractivity contribution in [2.24, 2.45) is 5.10 Å². The molecule has 2 aromatic heterocycles. The molecule has 0 fully saturated rings. The molecule has 142 valence electrons. The van der Waals surface area contributed by atoms with Gasteiger partial charge >= 0.3 is 0 Å². The van der Waals surface area contributed by atoms with Gasteiger partial charge in [0.05, 0.1) is 23.2 Å². The maximum Gasteiger partial charge on any atom is 0.270 e. The van der Waals surface area contributed by atoms with Crippen LogP contribution in [0.5, 0.6) is 5.75 Å². The van der Waals surface area contributed by atoms with Gasteiger partial charge in [-0.25, -0.2) is 10.4 Å². The Bertz CT molecular complexity index is 1330. The Kier molecular flexibility index (Phi) is 4.50. The number of nitrogens with zero attached hydrogens (tertiary/aromatic N) is 4. The van der Waals surface area contributed by atoms with Crippen molar-refractivity contribution in [3.8, 4) is 23.1 Å². The number of rotatable bonds is 4. The average molecular weight is 386 g/mol. The van der Waals surface area contributed by atoms with Crippen LogP contribution in [0.25, 0.3) is 22.2 Å². The van der Waals surface area contributed by atoms with Crippen molar-refractivity contribution in [2.45, 2.75) is 6.92 Å². The molecule has 0 aliphatic rings. The molecule has 2 heterocycles. The minimum absolute atomic E-state index is 0.0366. The number of aromatic nitrogens is 3. The highest BCUT2D eigenvalue weighted by atomic mass is 16.5. The normalized spacial score (nSPS) is 11.0. The Morgan fingerprint density at radius 3 is 2.83 bits per heavy atom. The number of fused-ring (bicyclic) bond motifs is 1. The van der Waals surface area contributed by atoms with Crippen LogP contribution in [0.4, 0.5) is 5.95 Å². The van der Waals surface area contributed by atoms with Crippen molar-refractivity contribution in [3.63, 3.8) is 0 Å². The predicted octanol–water partition coefficient (Wildman–Crippen LogP) is 2.91. The van der Waals surface area contributed by atoms with Gasteiger partial charge in [0.25, 0.3) is 5.56 Å². The molecule has 0 saturated carbocycles. The van der Waals surface area contributed by atoms with Crippen molar-refractivity contribution in [2.75, 3.05) is 5.43 Å². The van der Waals surface area contributed by atoms with Crippen molar-refractivity contribution in [1.29, 1.82) is 5.26 Å². The predicted molar refractivity (Wildman–Crippen MR) is 107 cm³/mol. The van der Waals surface area contributed by atoms with Gasteiger partial charge in [-0.3, -0.25) is 9.78 Å². The summed E-state index contributed by atoms with van der Waals surface area (Å²) in [6.07, 6.45) is 1.34. The second-order valence-electron chi connectivity index (χ2n) is 6.13. The smallest absolute Gasteiger partial charge is 0.270 e. The van der Waals surface area contributed by atoms with Crippen molar-refractivity contribution >= 4 is 23.1 Å². The maximum absolute atomic E-state index is 12.3. The van der Waals surface area contributed by atoms with Gasteiger partial charge in [0.1, 0.15) is 17.4 Å². The molecule has 4 rings (SSSR count). The number of nitriles is 1. The molecule has 9 heteroatoms. The fraction of sp³-hybridized carbons (Fsp3) is 0.0500. The van der Waals surface area contributed by atoms with Gasteiger partial charge in [-0.2, -0.15) is 10.4 Å². The number of benzene rings is 2. The summed E-state index contributed by atoms with van der Waals surface area (Å²) in [5, 5.41) is 28.1. The van der Waals surface area contributed by atoms with E-state index in [9.17, 15) is 15.2 Å². The molecular weight excluding hydrogens is 372 g/mol. The summed E-state index contributed by atoms with van der Waals surface area (Å²) in [6, 6.07) is 14.0.